The van der Waals surface area contributed by atoms with E-state index in [0.717, 1.165) is 11.1 Å². The third-order valence-electron chi connectivity index (χ3n) is 3.22. The lowest BCUT2D eigenvalue weighted by atomic mass is 10.1. The first-order valence-electron chi connectivity index (χ1n) is 6.31. The first kappa shape index (κ1) is 14.6. The molecule has 8 heteroatoms. The van der Waals surface area contributed by atoms with Crippen molar-refractivity contribution in [3.05, 3.63) is 33.4 Å². The molecule has 0 saturated carbocycles. The number of amides is 2. The van der Waals surface area contributed by atoms with E-state index in [0.29, 0.717) is 0 Å². The third kappa shape index (κ3) is 3.22. The molecule has 21 heavy (non-hydrogen) atoms. The number of hydrazone groups is 1. The normalized spacial score (nSPS) is 14.2. The smallest absolute Gasteiger partial charge is 0.293 e. The van der Waals surface area contributed by atoms with Gasteiger partial charge in [-0.1, -0.05) is 0 Å². The maximum absolute atomic E-state index is 12.0. The number of aryl methyl sites for hydroxylation is 2. The molecule has 2 rings (SSSR count). The lowest BCUT2D eigenvalue weighted by molar-refractivity contribution is -0.384. The Balaban J connectivity index is 2.27. The van der Waals surface area contributed by atoms with E-state index in [1.54, 1.807) is 19.9 Å². The molecule has 0 saturated heterocycles. The second-order valence-corrected chi connectivity index (χ2v) is 4.76. The van der Waals surface area contributed by atoms with Crippen LogP contribution in [0.25, 0.3) is 0 Å². The minimum atomic E-state index is -0.554. The topological polar surface area (TPSA) is 114 Å². The van der Waals surface area contributed by atoms with Crippen LogP contribution in [0, 0.1) is 24.0 Å². The van der Waals surface area contributed by atoms with E-state index in [1.165, 1.54) is 6.07 Å². The molecule has 0 fully saturated rings. The minimum absolute atomic E-state index is 0.118. The number of carbonyl (C=O) groups is 2. The summed E-state index contributed by atoms with van der Waals surface area (Å²) in [6.07, 6.45) is 0.373. The van der Waals surface area contributed by atoms with Crippen LogP contribution in [0.4, 0.5) is 11.4 Å². The average molecular weight is 290 g/mol. The molecule has 8 nitrogen and oxygen atoms in total. The zero-order chi connectivity index (χ0) is 15.6. The molecular weight excluding hydrogens is 276 g/mol. The highest BCUT2D eigenvalue weighted by Gasteiger charge is 2.22. The summed E-state index contributed by atoms with van der Waals surface area (Å²) < 4.78 is 0. The molecule has 1 heterocycles. The van der Waals surface area contributed by atoms with E-state index in [9.17, 15) is 19.7 Å². The highest BCUT2D eigenvalue weighted by molar-refractivity contribution is 6.43. The first-order valence-corrected chi connectivity index (χ1v) is 6.31. The number of carbonyl (C=O) groups excluding carboxylic acids is 2. The summed E-state index contributed by atoms with van der Waals surface area (Å²) in [6.45, 7) is 3.56. The standard InChI is InChI=1S/C13H14N4O4/c1-7-5-10(11(17(20)21)6-8(7)2)14-13(19)9-3-4-12(18)16-15-9/h5-6H,3-4H2,1-2H3,(H,14,19)(H,16,18). The van der Waals surface area contributed by atoms with Crippen molar-refractivity contribution in [3.8, 4) is 0 Å². The van der Waals surface area contributed by atoms with Crippen LogP contribution in [0.15, 0.2) is 17.2 Å². The molecule has 0 aromatic heterocycles. The molecule has 1 aromatic rings. The van der Waals surface area contributed by atoms with Gasteiger partial charge in [0.2, 0.25) is 5.91 Å². The molecule has 110 valence electrons. The summed E-state index contributed by atoms with van der Waals surface area (Å²) >= 11 is 0. The average Bonchev–Trinajstić information content (AvgIpc) is 2.43. The molecule has 0 aliphatic carbocycles. The lowest BCUT2D eigenvalue weighted by Gasteiger charge is -2.13. The molecule has 2 N–H and O–H groups in total. The molecule has 0 bridgehead atoms. The maximum Gasteiger partial charge on any atom is 0.293 e. The zero-order valence-corrected chi connectivity index (χ0v) is 11.6. The van der Waals surface area contributed by atoms with Crippen molar-refractivity contribution < 1.29 is 14.5 Å². The summed E-state index contributed by atoms with van der Waals surface area (Å²) in [4.78, 5) is 33.5. The SMILES string of the molecule is Cc1cc(NC(=O)C2=NNC(=O)CC2)c([N+](=O)[O-])cc1C. The molecule has 0 spiro atoms. The summed E-state index contributed by atoms with van der Waals surface area (Å²) in [5.74, 6) is -0.815. The van der Waals surface area contributed by atoms with Crippen LogP contribution in [0.3, 0.4) is 0 Å². The van der Waals surface area contributed by atoms with Gasteiger partial charge in [-0.3, -0.25) is 19.7 Å². The van der Waals surface area contributed by atoms with Gasteiger partial charge in [0.15, 0.2) is 0 Å². The van der Waals surface area contributed by atoms with Crippen LogP contribution in [-0.4, -0.2) is 22.4 Å². The number of nitrogens with one attached hydrogen (secondary N) is 2. The highest BCUT2D eigenvalue weighted by Crippen LogP contribution is 2.28. The molecular formula is C13H14N4O4. The van der Waals surface area contributed by atoms with Gasteiger partial charge in [0.05, 0.1) is 4.92 Å². The highest BCUT2D eigenvalue weighted by atomic mass is 16.6. The molecule has 1 aliphatic heterocycles. The van der Waals surface area contributed by atoms with E-state index < -0.39 is 10.8 Å². The van der Waals surface area contributed by atoms with Gasteiger partial charge in [-0.05, 0) is 31.0 Å². The molecule has 0 unspecified atom stereocenters. The van der Waals surface area contributed by atoms with Crippen LogP contribution in [0.5, 0.6) is 0 Å². The lowest BCUT2D eigenvalue weighted by Crippen LogP contribution is -2.32. The van der Waals surface area contributed by atoms with Gasteiger partial charge >= 0.3 is 0 Å². The number of nitro benzene ring substituents is 1. The van der Waals surface area contributed by atoms with Gasteiger partial charge in [-0.25, -0.2) is 5.43 Å². The van der Waals surface area contributed by atoms with Crippen LogP contribution < -0.4 is 10.7 Å². The van der Waals surface area contributed by atoms with Crippen LogP contribution in [-0.2, 0) is 9.59 Å². The van der Waals surface area contributed by atoms with Crippen LogP contribution in [0.2, 0.25) is 0 Å². The third-order valence-corrected chi connectivity index (χ3v) is 3.22. The first-order chi connectivity index (χ1) is 9.88. The van der Waals surface area contributed by atoms with E-state index >= 15 is 0 Å². The Morgan fingerprint density at radius 2 is 2.00 bits per heavy atom. The van der Waals surface area contributed by atoms with E-state index in [1.807, 2.05) is 0 Å². The summed E-state index contributed by atoms with van der Waals surface area (Å²) in [5, 5.41) is 17.2. The number of benzene rings is 1. The number of nitro groups is 1. The van der Waals surface area contributed by atoms with Crippen molar-refractivity contribution >= 4 is 28.9 Å². The van der Waals surface area contributed by atoms with E-state index in [4.69, 9.17) is 0 Å². The van der Waals surface area contributed by atoms with Crippen molar-refractivity contribution in [3.63, 3.8) is 0 Å². The van der Waals surface area contributed by atoms with Crippen LogP contribution >= 0.6 is 0 Å². The summed E-state index contributed by atoms with van der Waals surface area (Å²) in [6, 6.07) is 2.96. The Bertz CT molecular complexity index is 666. The minimum Gasteiger partial charge on any atom is -0.315 e. The summed E-state index contributed by atoms with van der Waals surface area (Å²) in [7, 11) is 0. The Kier molecular flexibility index (Phi) is 3.97. The Labute approximate surface area is 120 Å². The fourth-order valence-corrected chi connectivity index (χ4v) is 1.88. The number of hydrogen-bond acceptors (Lipinski definition) is 5. The fraction of sp³-hybridized carbons (Fsp3) is 0.308. The Morgan fingerprint density at radius 3 is 2.57 bits per heavy atom. The van der Waals surface area contributed by atoms with Crippen molar-refractivity contribution in [1.82, 2.24) is 5.43 Å². The fourth-order valence-electron chi connectivity index (χ4n) is 1.88. The van der Waals surface area contributed by atoms with Gasteiger partial charge in [0.1, 0.15) is 11.4 Å². The monoisotopic (exact) mass is 290 g/mol. The maximum atomic E-state index is 12.0. The van der Waals surface area contributed by atoms with Gasteiger partial charge < -0.3 is 5.32 Å². The predicted octanol–water partition coefficient (Wildman–Crippen LogP) is 1.42. The molecule has 0 atom stereocenters. The Hall–Kier alpha value is -2.77. The van der Waals surface area contributed by atoms with Crippen LogP contribution in [0.1, 0.15) is 24.0 Å². The molecule has 1 aromatic carbocycles. The van der Waals surface area contributed by atoms with Crippen molar-refractivity contribution in [2.45, 2.75) is 26.7 Å². The Morgan fingerprint density at radius 1 is 1.33 bits per heavy atom. The van der Waals surface area contributed by atoms with Crippen molar-refractivity contribution in [2.75, 3.05) is 5.32 Å². The predicted molar refractivity (Wildman–Crippen MR) is 76.0 cm³/mol. The van der Waals surface area contributed by atoms with Gasteiger partial charge in [-0.15, -0.1) is 0 Å². The second kappa shape index (κ2) is 5.70. The summed E-state index contributed by atoms with van der Waals surface area (Å²) in [5.41, 5.74) is 3.89. The molecule has 0 radical (unpaired) electrons. The second-order valence-electron chi connectivity index (χ2n) is 4.76. The number of rotatable bonds is 3. The molecule has 2 amide bonds. The van der Waals surface area contributed by atoms with Gasteiger partial charge in [0.25, 0.3) is 11.6 Å². The van der Waals surface area contributed by atoms with E-state index in [-0.39, 0.29) is 35.8 Å². The quantitative estimate of drug-likeness (QED) is 0.647. The largest absolute Gasteiger partial charge is 0.315 e. The molecule has 1 aliphatic rings. The van der Waals surface area contributed by atoms with Gasteiger partial charge in [0, 0.05) is 18.9 Å². The number of anilines is 1. The number of hydrogen-bond donors (Lipinski definition) is 2. The van der Waals surface area contributed by atoms with Gasteiger partial charge in [-0.2, -0.15) is 5.10 Å². The number of nitrogens with zero attached hydrogens (tertiary/aromatic N) is 2. The van der Waals surface area contributed by atoms with E-state index in [2.05, 4.69) is 15.8 Å². The van der Waals surface area contributed by atoms with Crippen molar-refractivity contribution in [2.24, 2.45) is 5.10 Å². The van der Waals surface area contributed by atoms with Crippen molar-refractivity contribution in [1.29, 1.82) is 0 Å². The zero-order valence-electron chi connectivity index (χ0n) is 11.6.